The van der Waals surface area contributed by atoms with E-state index in [-0.39, 0.29) is 5.91 Å². The second kappa shape index (κ2) is 5.80. The van der Waals surface area contributed by atoms with Crippen molar-refractivity contribution in [1.29, 1.82) is 0 Å². The van der Waals surface area contributed by atoms with Gasteiger partial charge in [0.25, 0.3) is 5.91 Å². The Morgan fingerprint density at radius 2 is 2.05 bits per heavy atom. The molecule has 1 N–H and O–H groups in total. The second-order valence-electron chi connectivity index (χ2n) is 5.68. The summed E-state index contributed by atoms with van der Waals surface area (Å²) in [7, 11) is 3.36. The van der Waals surface area contributed by atoms with Crippen LogP contribution < -0.4 is 10.1 Å². The Hall–Kier alpha value is -1.97. The van der Waals surface area contributed by atoms with E-state index in [0.717, 1.165) is 22.2 Å². The standard InChI is InChI=1S/C17H22N2O2/c1-18-17(20)14-11-19(12-7-4-3-5-8-12)16-13(14)9-6-10-15(16)21-2/h6,9-12H,3-5,7-8H2,1-2H3,(H,18,20). The van der Waals surface area contributed by atoms with Gasteiger partial charge >= 0.3 is 0 Å². The Morgan fingerprint density at radius 1 is 1.29 bits per heavy atom. The third kappa shape index (κ3) is 2.39. The van der Waals surface area contributed by atoms with Crippen LogP contribution in [0.3, 0.4) is 0 Å². The molecule has 21 heavy (non-hydrogen) atoms. The zero-order valence-electron chi connectivity index (χ0n) is 12.7. The minimum absolute atomic E-state index is 0.0391. The monoisotopic (exact) mass is 286 g/mol. The van der Waals surface area contributed by atoms with Crippen LogP contribution in [-0.4, -0.2) is 24.6 Å². The number of methoxy groups -OCH3 is 1. The SMILES string of the molecule is CNC(=O)c1cn(C2CCCCC2)c2c(OC)cccc12. The Bertz CT molecular complexity index is 654. The van der Waals surface area contributed by atoms with Crippen molar-refractivity contribution in [3.63, 3.8) is 0 Å². The van der Waals surface area contributed by atoms with Gasteiger partial charge in [0, 0.05) is 24.7 Å². The van der Waals surface area contributed by atoms with Gasteiger partial charge in [0.15, 0.2) is 0 Å². The first-order valence-electron chi connectivity index (χ1n) is 7.66. The molecule has 4 heteroatoms. The van der Waals surface area contributed by atoms with Gasteiger partial charge in [0.2, 0.25) is 0 Å². The number of rotatable bonds is 3. The Labute approximate surface area is 125 Å². The molecule has 1 amide bonds. The molecule has 0 spiro atoms. The normalized spacial score (nSPS) is 16.1. The molecule has 4 nitrogen and oxygen atoms in total. The highest BCUT2D eigenvalue weighted by Gasteiger charge is 2.23. The van der Waals surface area contributed by atoms with Gasteiger partial charge in [0.1, 0.15) is 5.75 Å². The van der Waals surface area contributed by atoms with Crippen molar-refractivity contribution < 1.29 is 9.53 Å². The number of fused-ring (bicyclic) bond motifs is 1. The van der Waals surface area contributed by atoms with Crippen molar-refractivity contribution >= 4 is 16.8 Å². The number of aromatic nitrogens is 1. The quantitative estimate of drug-likeness (QED) is 0.938. The molecular weight excluding hydrogens is 264 g/mol. The third-order valence-electron chi connectivity index (χ3n) is 4.48. The number of ether oxygens (including phenoxy) is 1. The zero-order chi connectivity index (χ0) is 14.8. The van der Waals surface area contributed by atoms with E-state index < -0.39 is 0 Å². The van der Waals surface area contributed by atoms with Crippen LogP contribution >= 0.6 is 0 Å². The van der Waals surface area contributed by atoms with Crippen LogP contribution in [0.1, 0.15) is 48.5 Å². The molecule has 0 unspecified atom stereocenters. The van der Waals surface area contributed by atoms with Gasteiger partial charge in [0.05, 0.1) is 18.2 Å². The van der Waals surface area contributed by atoms with Crippen molar-refractivity contribution in [1.82, 2.24) is 9.88 Å². The summed E-state index contributed by atoms with van der Waals surface area (Å²) < 4.78 is 7.79. The summed E-state index contributed by atoms with van der Waals surface area (Å²) in [6, 6.07) is 6.38. The number of carbonyl (C=O) groups is 1. The average Bonchev–Trinajstić information content (AvgIpc) is 2.94. The summed E-state index contributed by atoms with van der Waals surface area (Å²) in [4.78, 5) is 12.2. The van der Waals surface area contributed by atoms with Crippen molar-refractivity contribution in [2.45, 2.75) is 38.1 Å². The molecule has 3 rings (SSSR count). The highest BCUT2D eigenvalue weighted by atomic mass is 16.5. The predicted octanol–water partition coefficient (Wildman–Crippen LogP) is 3.51. The van der Waals surface area contributed by atoms with Gasteiger partial charge in [-0.25, -0.2) is 0 Å². The molecule has 1 aliphatic rings. The zero-order valence-corrected chi connectivity index (χ0v) is 12.7. The summed E-state index contributed by atoms with van der Waals surface area (Å²) in [5.74, 6) is 0.802. The fourth-order valence-electron chi connectivity index (χ4n) is 3.41. The van der Waals surface area contributed by atoms with E-state index in [1.54, 1.807) is 14.2 Å². The first-order chi connectivity index (χ1) is 10.3. The fraction of sp³-hybridized carbons (Fsp3) is 0.471. The minimum atomic E-state index is -0.0391. The van der Waals surface area contributed by atoms with Crippen molar-refractivity contribution in [2.24, 2.45) is 0 Å². The highest BCUT2D eigenvalue weighted by Crippen LogP contribution is 2.37. The molecule has 1 aliphatic carbocycles. The predicted molar refractivity (Wildman–Crippen MR) is 84.0 cm³/mol. The molecule has 1 heterocycles. The molecule has 0 aliphatic heterocycles. The van der Waals surface area contributed by atoms with Crippen LogP contribution in [0.15, 0.2) is 24.4 Å². The van der Waals surface area contributed by atoms with Gasteiger partial charge in [-0.2, -0.15) is 0 Å². The van der Waals surface area contributed by atoms with Crippen LogP contribution in [0.2, 0.25) is 0 Å². The average molecular weight is 286 g/mol. The number of benzene rings is 1. The van der Waals surface area contributed by atoms with E-state index in [9.17, 15) is 4.79 Å². The molecule has 1 aromatic carbocycles. The lowest BCUT2D eigenvalue weighted by atomic mass is 9.95. The molecule has 1 fully saturated rings. The van der Waals surface area contributed by atoms with Crippen LogP contribution in [0, 0.1) is 0 Å². The molecular formula is C17H22N2O2. The van der Waals surface area contributed by atoms with E-state index in [4.69, 9.17) is 4.74 Å². The summed E-state index contributed by atoms with van der Waals surface area (Å²) >= 11 is 0. The number of amides is 1. The van der Waals surface area contributed by atoms with Gasteiger partial charge in [-0.3, -0.25) is 4.79 Å². The molecule has 2 aromatic rings. The maximum Gasteiger partial charge on any atom is 0.253 e. The maximum absolute atomic E-state index is 12.2. The maximum atomic E-state index is 12.2. The Morgan fingerprint density at radius 3 is 2.71 bits per heavy atom. The fourth-order valence-corrected chi connectivity index (χ4v) is 3.41. The summed E-state index contributed by atoms with van der Waals surface area (Å²) in [6.45, 7) is 0. The second-order valence-corrected chi connectivity index (χ2v) is 5.68. The summed E-state index contributed by atoms with van der Waals surface area (Å²) in [5.41, 5.74) is 1.78. The van der Waals surface area contributed by atoms with E-state index in [1.165, 1.54) is 32.1 Å². The molecule has 0 bridgehead atoms. The number of hydrogen-bond acceptors (Lipinski definition) is 2. The third-order valence-corrected chi connectivity index (χ3v) is 4.48. The van der Waals surface area contributed by atoms with Crippen molar-refractivity contribution in [3.8, 4) is 5.75 Å². The molecule has 0 saturated heterocycles. The van der Waals surface area contributed by atoms with E-state index in [1.807, 2.05) is 24.4 Å². The molecule has 0 radical (unpaired) electrons. The summed E-state index contributed by atoms with van der Waals surface area (Å²) in [5, 5.41) is 3.71. The lowest BCUT2D eigenvalue weighted by Crippen LogP contribution is -2.17. The number of carbonyl (C=O) groups excluding carboxylic acids is 1. The van der Waals surface area contributed by atoms with Crippen molar-refractivity contribution in [2.75, 3.05) is 14.2 Å². The van der Waals surface area contributed by atoms with E-state index in [0.29, 0.717) is 6.04 Å². The van der Waals surface area contributed by atoms with Crippen LogP contribution in [0.25, 0.3) is 10.9 Å². The van der Waals surface area contributed by atoms with Gasteiger partial charge < -0.3 is 14.6 Å². The number of nitrogens with one attached hydrogen (secondary N) is 1. The lowest BCUT2D eigenvalue weighted by Gasteiger charge is -2.24. The molecule has 1 saturated carbocycles. The lowest BCUT2D eigenvalue weighted by molar-refractivity contribution is 0.0964. The number of para-hydroxylation sites is 1. The van der Waals surface area contributed by atoms with Crippen LogP contribution in [0.5, 0.6) is 5.75 Å². The Balaban J connectivity index is 2.19. The van der Waals surface area contributed by atoms with Gasteiger partial charge in [-0.1, -0.05) is 31.4 Å². The molecule has 1 aromatic heterocycles. The van der Waals surface area contributed by atoms with Crippen LogP contribution in [0.4, 0.5) is 0 Å². The number of nitrogens with zero attached hydrogens (tertiary/aromatic N) is 1. The van der Waals surface area contributed by atoms with E-state index >= 15 is 0 Å². The topological polar surface area (TPSA) is 43.3 Å². The summed E-state index contributed by atoms with van der Waals surface area (Å²) in [6.07, 6.45) is 8.19. The Kier molecular flexibility index (Phi) is 3.86. The minimum Gasteiger partial charge on any atom is -0.495 e. The molecule has 0 atom stereocenters. The van der Waals surface area contributed by atoms with Crippen molar-refractivity contribution in [3.05, 3.63) is 30.0 Å². The van der Waals surface area contributed by atoms with Gasteiger partial charge in [-0.05, 0) is 18.9 Å². The largest absolute Gasteiger partial charge is 0.495 e. The number of hydrogen-bond donors (Lipinski definition) is 1. The van der Waals surface area contributed by atoms with Gasteiger partial charge in [-0.15, -0.1) is 0 Å². The highest BCUT2D eigenvalue weighted by molar-refractivity contribution is 6.08. The smallest absolute Gasteiger partial charge is 0.253 e. The first-order valence-corrected chi connectivity index (χ1v) is 7.66. The molecule has 112 valence electrons. The van der Waals surface area contributed by atoms with E-state index in [2.05, 4.69) is 9.88 Å². The van der Waals surface area contributed by atoms with Crippen LogP contribution in [-0.2, 0) is 0 Å². The first kappa shape index (κ1) is 14.0.